The topological polar surface area (TPSA) is 58.4 Å². The third-order valence-corrected chi connectivity index (χ3v) is 3.65. The SMILES string of the molecule is CCNC(CN1CCCc2cc(C)ccc21)C(N)=O. The molecule has 0 radical (unpaired) electrons. The van der Waals surface area contributed by atoms with Crippen LogP contribution in [0.3, 0.4) is 0 Å². The van der Waals surface area contributed by atoms with Crippen molar-refractivity contribution in [2.75, 3.05) is 24.5 Å². The maximum absolute atomic E-state index is 11.5. The van der Waals surface area contributed by atoms with Gasteiger partial charge in [0.2, 0.25) is 5.91 Å². The minimum atomic E-state index is -0.280. The molecule has 1 aromatic carbocycles. The van der Waals surface area contributed by atoms with Crippen LogP contribution in [0.2, 0.25) is 0 Å². The highest BCUT2D eigenvalue weighted by molar-refractivity contribution is 5.80. The molecule has 4 heteroatoms. The minimum Gasteiger partial charge on any atom is -0.369 e. The summed E-state index contributed by atoms with van der Waals surface area (Å²) in [6, 6.07) is 6.25. The maximum Gasteiger partial charge on any atom is 0.236 e. The lowest BCUT2D eigenvalue weighted by Gasteiger charge is -2.33. The molecule has 104 valence electrons. The van der Waals surface area contributed by atoms with Gasteiger partial charge in [0, 0.05) is 18.8 Å². The van der Waals surface area contributed by atoms with Crippen LogP contribution in [-0.4, -0.2) is 31.6 Å². The third kappa shape index (κ3) is 3.26. The summed E-state index contributed by atoms with van der Waals surface area (Å²) in [6.45, 7) is 6.50. The highest BCUT2D eigenvalue weighted by Gasteiger charge is 2.22. The lowest BCUT2D eigenvalue weighted by molar-refractivity contribution is -0.119. The smallest absolute Gasteiger partial charge is 0.236 e. The van der Waals surface area contributed by atoms with Gasteiger partial charge in [-0.15, -0.1) is 0 Å². The van der Waals surface area contributed by atoms with Crippen LogP contribution in [0.1, 0.15) is 24.5 Å². The molecule has 0 aliphatic carbocycles. The molecule has 0 aromatic heterocycles. The van der Waals surface area contributed by atoms with Crippen molar-refractivity contribution in [2.45, 2.75) is 32.7 Å². The third-order valence-electron chi connectivity index (χ3n) is 3.65. The fraction of sp³-hybridized carbons (Fsp3) is 0.533. The molecule has 1 aliphatic heterocycles. The Bertz CT molecular complexity index is 459. The largest absolute Gasteiger partial charge is 0.369 e. The Hall–Kier alpha value is -1.55. The number of anilines is 1. The number of nitrogens with one attached hydrogen (secondary N) is 1. The fourth-order valence-corrected chi connectivity index (χ4v) is 2.72. The Balaban J connectivity index is 2.16. The van der Waals surface area contributed by atoms with E-state index in [0.29, 0.717) is 6.54 Å². The Labute approximate surface area is 115 Å². The molecule has 4 nitrogen and oxygen atoms in total. The van der Waals surface area contributed by atoms with Crippen LogP contribution < -0.4 is 16.0 Å². The van der Waals surface area contributed by atoms with E-state index in [2.05, 4.69) is 35.3 Å². The van der Waals surface area contributed by atoms with Crippen LogP contribution in [0.5, 0.6) is 0 Å². The van der Waals surface area contributed by atoms with Crippen molar-refractivity contribution in [1.29, 1.82) is 0 Å². The van der Waals surface area contributed by atoms with Crippen LogP contribution >= 0.6 is 0 Å². The molecule has 1 amide bonds. The first-order valence-electron chi connectivity index (χ1n) is 6.99. The molecule has 19 heavy (non-hydrogen) atoms. The molecule has 1 unspecified atom stereocenters. The zero-order valence-corrected chi connectivity index (χ0v) is 11.8. The van der Waals surface area contributed by atoms with Crippen LogP contribution in [0, 0.1) is 6.92 Å². The van der Waals surface area contributed by atoms with Gasteiger partial charge in [0.15, 0.2) is 0 Å². The summed E-state index contributed by atoms with van der Waals surface area (Å²) >= 11 is 0. The van der Waals surface area contributed by atoms with E-state index in [0.717, 1.165) is 25.9 Å². The number of likely N-dealkylation sites (N-methyl/N-ethyl adjacent to an activating group) is 1. The van der Waals surface area contributed by atoms with Gasteiger partial charge in [-0.05, 0) is 37.9 Å². The van der Waals surface area contributed by atoms with Crippen molar-refractivity contribution in [3.63, 3.8) is 0 Å². The summed E-state index contributed by atoms with van der Waals surface area (Å²) in [4.78, 5) is 13.7. The molecule has 1 heterocycles. The predicted molar refractivity (Wildman–Crippen MR) is 78.4 cm³/mol. The second kappa shape index (κ2) is 6.06. The number of nitrogens with two attached hydrogens (primary N) is 1. The number of carbonyl (C=O) groups excluding carboxylic acids is 1. The van der Waals surface area contributed by atoms with Gasteiger partial charge in [-0.3, -0.25) is 4.79 Å². The number of hydrogen-bond acceptors (Lipinski definition) is 3. The summed E-state index contributed by atoms with van der Waals surface area (Å²) in [7, 11) is 0. The normalized spacial score (nSPS) is 16.0. The number of nitrogens with zero attached hydrogens (tertiary/aromatic N) is 1. The average Bonchev–Trinajstić information content (AvgIpc) is 2.37. The maximum atomic E-state index is 11.5. The molecule has 0 bridgehead atoms. The number of amides is 1. The lowest BCUT2D eigenvalue weighted by Crippen LogP contribution is -2.50. The summed E-state index contributed by atoms with van der Waals surface area (Å²) in [6.07, 6.45) is 2.25. The summed E-state index contributed by atoms with van der Waals surface area (Å²) in [5, 5.41) is 3.16. The van der Waals surface area contributed by atoms with Gasteiger partial charge in [0.05, 0.1) is 0 Å². The standard InChI is InChI=1S/C15H23N3O/c1-3-17-13(15(16)19)10-18-8-4-5-12-9-11(2)6-7-14(12)18/h6-7,9,13,17H,3-5,8,10H2,1-2H3,(H2,16,19). The highest BCUT2D eigenvalue weighted by Crippen LogP contribution is 2.27. The van der Waals surface area contributed by atoms with E-state index in [9.17, 15) is 4.79 Å². The van der Waals surface area contributed by atoms with Crippen molar-refractivity contribution < 1.29 is 4.79 Å². The molecule has 1 aliphatic rings. The number of aryl methyl sites for hydroxylation is 2. The van der Waals surface area contributed by atoms with Crippen molar-refractivity contribution in [3.05, 3.63) is 29.3 Å². The Morgan fingerprint density at radius 3 is 3.00 bits per heavy atom. The first kappa shape index (κ1) is 13.9. The number of rotatable bonds is 5. The van der Waals surface area contributed by atoms with Crippen molar-refractivity contribution in [3.8, 4) is 0 Å². The van der Waals surface area contributed by atoms with Gasteiger partial charge < -0.3 is 16.0 Å². The van der Waals surface area contributed by atoms with Crippen molar-refractivity contribution in [1.82, 2.24) is 5.32 Å². The van der Waals surface area contributed by atoms with Gasteiger partial charge in [-0.25, -0.2) is 0 Å². The Kier molecular flexibility index (Phi) is 4.43. The number of benzene rings is 1. The Morgan fingerprint density at radius 2 is 2.32 bits per heavy atom. The molecular weight excluding hydrogens is 238 g/mol. The second-order valence-corrected chi connectivity index (χ2v) is 5.19. The Morgan fingerprint density at radius 1 is 1.53 bits per heavy atom. The first-order valence-corrected chi connectivity index (χ1v) is 6.99. The monoisotopic (exact) mass is 261 g/mol. The van der Waals surface area contributed by atoms with E-state index in [-0.39, 0.29) is 11.9 Å². The van der Waals surface area contributed by atoms with E-state index in [1.807, 2.05) is 6.92 Å². The molecule has 0 saturated heterocycles. The molecular formula is C15H23N3O. The number of primary amides is 1. The van der Waals surface area contributed by atoms with Gasteiger partial charge >= 0.3 is 0 Å². The van der Waals surface area contributed by atoms with Gasteiger partial charge in [0.1, 0.15) is 6.04 Å². The molecule has 0 fully saturated rings. The predicted octanol–water partition coefficient (Wildman–Crippen LogP) is 1.21. The summed E-state index contributed by atoms with van der Waals surface area (Å²) in [5.74, 6) is -0.277. The highest BCUT2D eigenvalue weighted by atomic mass is 16.1. The second-order valence-electron chi connectivity index (χ2n) is 5.19. The quantitative estimate of drug-likeness (QED) is 0.837. The molecule has 1 atom stereocenters. The lowest BCUT2D eigenvalue weighted by atomic mass is 9.99. The van der Waals surface area contributed by atoms with E-state index >= 15 is 0 Å². The first-order chi connectivity index (χ1) is 9.11. The van der Waals surface area contributed by atoms with Crippen LogP contribution in [0.4, 0.5) is 5.69 Å². The van der Waals surface area contributed by atoms with Crippen molar-refractivity contribution in [2.24, 2.45) is 5.73 Å². The van der Waals surface area contributed by atoms with Gasteiger partial charge in [0.25, 0.3) is 0 Å². The van der Waals surface area contributed by atoms with E-state index in [4.69, 9.17) is 5.73 Å². The van der Waals surface area contributed by atoms with E-state index in [1.54, 1.807) is 0 Å². The average molecular weight is 261 g/mol. The van der Waals surface area contributed by atoms with Gasteiger partial charge in [-0.1, -0.05) is 24.6 Å². The zero-order chi connectivity index (χ0) is 13.8. The fourth-order valence-electron chi connectivity index (χ4n) is 2.72. The number of hydrogen-bond donors (Lipinski definition) is 2. The summed E-state index contributed by atoms with van der Waals surface area (Å²) < 4.78 is 0. The minimum absolute atomic E-state index is 0.277. The summed E-state index contributed by atoms with van der Waals surface area (Å²) in [5.41, 5.74) is 9.38. The van der Waals surface area contributed by atoms with Crippen molar-refractivity contribution >= 4 is 11.6 Å². The van der Waals surface area contributed by atoms with E-state index in [1.165, 1.54) is 16.8 Å². The van der Waals surface area contributed by atoms with Crippen LogP contribution in [0.25, 0.3) is 0 Å². The molecule has 2 rings (SSSR count). The number of fused-ring (bicyclic) bond motifs is 1. The molecule has 0 saturated carbocycles. The molecule has 3 N–H and O–H groups in total. The van der Waals surface area contributed by atoms with Gasteiger partial charge in [-0.2, -0.15) is 0 Å². The van der Waals surface area contributed by atoms with E-state index < -0.39 is 0 Å². The van der Waals surface area contributed by atoms with Crippen LogP contribution in [-0.2, 0) is 11.2 Å². The zero-order valence-electron chi connectivity index (χ0n) is 11.8. The molecule has 1 aromatic rings. The van der Waals surface area contributed by atoms with Crippen LogP contribution in [0.15, 0.2) is 18.2 Å². The molecule has 0 spiro atoms. The number of carbonyl (C=O) groups is 1.